The Balaban J connectivity index is 2.28. The maximum Gasteiger partial charge on any atom is 0.343 e. The summed E-state index contributed by atoms with van der Waals surface area (Å²) < 4.78 is 31.7. The van der Waals surface area contributed by atoms with Crippen LogP contribution in [0.2, 0.25) is 0 Å². The molecular weight excluding hydrogens is 372 g/mol. The summed E-state index contributed by atoms with van der Waals surface area (Å²) in [5.41, 5.74) is 0.338. The lowest BCUT2D eigenvalue weighted by atomic mass is 10.2. The Labute approximate surface area is 157 Å². The fourth-order valence-electron chi connectivity index (χ4n) is 2.56. The number of carbonyl (C=O) groups excluding carboxylic acids is 1. The highest BCUT2D eigenvalue weighted by molar-refractivity contribution is 7.89. The van der Waals surface area contributed by atoms with Gasteiger partial charge < -0.3 is 4.74 Å². The maximum absolute atomic E-state index is 12.6. The number of carbonyl (C=O) groups is 1. The zero-order valence-electron chi connectivity index (χ0n) is 15.2. The smallest absolute Gasteiger partial charge is 0.343 e. The second-order valence-electron chi connectivity index (χ2n) is 5.71. The molecular formula is C18H20N2O6S. The number of nitrogens with zero attached hydrogens (tertiary/aromatic N) is 2. The standard InChI is InChI=1S/C18H20N2O6S/c1-4-19(5-2)27(24,25)16-8-6-7-14(12-16)18(21)26-15-9-10-17(20(22)23)13(3)11-15/h6-12H,4-5H2,1-3H3. The summed E-state index contributed by atoms with van der Waals surface area (Å²) >= 11 is 0. The normalized spacial score (nSPS) is 11.4. The topological polar surface area (TPSA) is 107 Å². The predicted octanol–water partition coefficient (Wildman–Crippen LogP) is 3.15. The van der Waals surface area contributed by atoms with Gasteiger partial charge in [0.05, 0.1) is 15.4 Å². The molecule has 8 nitrogen and oxygen atoms in total. The van der Waals surface area contributed by atoms with Crippen LogP contribution < -0.4 is 4.74 Å². The molecule has 0 aliphatic rings. The molecule has 0 N–H and O–H groups in total. The third-order valence-corrected chi connectivity index (χ3v) is 6.03. The lowest BCUT2D eigenvalue weighted by Crippen LogP contribution is -2.30. The van der Waals surface area contributed by atoms with Crippen molar-refractivity contribution in [2.45, 2.75) is 25.7 Å². The summed E-state index contributed by atoms with van der Waals surface area (Å²) in [4.78, 5) is 22.7. The van der Waals surface area contributed by atoms with E-state index in [2.05, 4.69) is 0 Å². The third kappa shape index (κ3) is 4.50. The van der Waals surface area contributed by atoms with Gasteiger partial charge in [-0.2, -0.15) is 4.31 Å². The molecule has 0 saturated carbocycles. The van der Waals surface area contributed by atoms with Crippen LogP contribution in [0.25, 0.3) is 0 Å². The average Bonchev–Trinajstić information content (AvgIpc) is 2.62. The fourth-order valence-corrected chi connectivity index (χ4v) is 4.06. The average molecular weight is 392 g/mol. The van der Waals surface area contributed by atoms with E-state index in [1.165, 1.54) is 53.7 Å². The molecule has 0 aliphatic carbocycles. The molecule has 2 aromatic rings. The molecule has 0 atom stereocenters. The van der Waals surface area contributed by atoms with Crippen LogP contribution in [0.4, 0.5) is 5.69 Å². The first-order valence-corrected chi connectivity index (χ1v) is 9.72. The number of nitro benzene ring substituents is 1. The number of sulfonamides is 1. The van der Waals surface area contributed by atoms with Crippen molar-refractivity contribution in [1.29, 1.82) is 0 Å². The van der Waals surface area contributed by atoms with Crippen molar-refractivity contribution < 1.29 is 22.9 Å². The van der Waals surface area contributed by atoms with Crippen molar-refractivity contribution >= 4 is 21.7 Å². The molecule has 0 spiro atoms. The highest BCUT2D eigenvalue weighted by Gasteiger charge is 2.23. The Bertz CT molecular complexity index is 968. The largest absolute Gasteiger partial charge is 0.423 e. The molecule has 0 aromatic heterocycles. The van der Waals surface area contributed by atoms with Crippen LogP contribution in [0, 0.1) is 17.0 Å². The molecule has 2 rings (SSSR count). The molecule has 0 unspecified atom stereocenters. The summed E-state index contributed by atoms with van der Waals surface area (Å²) in [5, 5.41) is 10.8. The van der Waals surface area contributed by atoms with E-state index in [0.717, 1.165) is 0 Å². The number of hydrogen-bond acceptors (Lipinski definition) is 6. The van der Waals surface area contributed by atoms with E-state index < -0.39 is 20.9 Å². The number of rotatable bonds is 7. The van der Waals surface area contributed by atoms with E-state index >= 15 is 0 Å². The summed E-state index contributed by atoms with van der Waals surface area (Å²) in [6.45, 7) is 5.63. The summed E-state index contributed by atoms with van der Waals surface area (Å²) in [7, 11) is -3.70. The maximum atomic E-state index is 12.6. The van der Waals surface area contributed by atoms with Gasteiger partial charge in [0.1, 0.15) is 5.75 Å². The van der Waals surface area contributed by atoms with Crippen molar-refractivity contribution in [3.05, 3.63) is 63.7 Å². The molecule has 0 amide bonds. The van der Waals surface area contributed by atoms with Crippen molar-refractivity contribution in [3.8, 4) is 5.75 Å². The van der Waals surface area contributed by atoms with E-state index in [1.807, 2.05) is 0 Å². The van der Waals surface area contributed by atoms with E-state index in [9.17, 15) is 23.3 Å². The number of esters is 1. The third-order valence-electron chi connectivity index (χ3n) is 3.99. The molecule has 0 fully saturated rings. The number of aryl methyl sites for hydroxylation is 1. The van der Waals surface area contributed by atoms with Gasteiger partial charge in [0, 0.05) is 24.7 Å². The number of benzene rings is 2. The summed E-state index contributed by atoms with van der Waals surface area (Å²) in [6.07, 6.45) is 0. The first-order chi connectivity index (χ1) is 12.7. The van der Waals surface area contributed by atoms with Crippen molar-refractivity contribution in [1.82, 2.24) is 4.31 Å². The van der Waals surface area contributed by atoms with Crippen LogP contribution >= 0.6 is 0 Å². The van der Waals surface area contributed by atoms with Crippen LogP contribution in [0.3, 0.4) is 0 Å². The second-order valence-corrected chi connectivity index (χ2v) is 7.65. The van der Waals surface area contributed by atoms with Gasteiger partial charge in [-0.05, 0) is 37.3 Å². The minimum Gasteiger partial charge on any atom is -0.423 e. The molecule has 0 aliphatic heterocycles. The first-order valence-electron chi connectivity index (χ1n) is 8.28. The van der Waals surface area contributed by atoms with Gasteiger partial charge >= 0.3 is 5.97 Å². The predicted molar refractivity (Wildman–Crippen MR) is 99.3 cm³/mol. The first kappa shape index (κ1) is 20.5. The van der Waals surface area contributed by atoms with Gasteiger partial charge in [-0.25, -0.2) is 13.2 Å². The van der Waals surface area contributed by atoms with E-state index in [0.29, 0.717) is 18.7 Å². The Morgan fingerprint density at radius 1 is 1.15 bits per heavy atom. The highest BCUT2D eigenvalue weighted by atomic mass is 32.2. The quantitative estimate of drug-likeness (QED) is 0.310. The summed E-state index contributed by atoms with van der Waals surface area (Å²) in [5.74, 6) is -0.611. The van der Waals surface area contributed by atoms with Crippen LogP contribution in [-0.4, -0.2) is 36.7 Å². The van der Waals surface area contributed by atoms with Gasteiger partial charge in [-0.15, -0.1) is 0 Å². The van der Waals surface area contributed by atoms with Crippen molar-refractivity contribution in [3.63, 3.8) is 0 Å². The van der Waals surface area contributed by atoms with E-state index in [4.69, 9.17) is 4.74 Å². The van der Waals surface area contributed by atoms with Gasteiger partial charge in [-0.3, -0.25) is 10.1 Å². The highest BCUT2D eigenvalue weighted by Crippen LogP contribution is 2.24. The zero-order chi connectivity index (χ0) is 20.2. The van der Waals surface area contributed by atoms with Crippen LogP contribution in [0.1, 0.15) is 29.8 Å². The number of hydrogen-bond donors (Lipinski definition) is 0. The fraction of sp³-hybridized carbons (Fsp3) is 0.278. The second kappa shape index (κ2) is 8.28. The Morgan fingerprint density at radius 3 is 2.37 bits per heavy atom. The van der Waals surface area contributed by atoms with Gasteiger partial charge in [0.2, 0.25) is 10.0 Å². The SMILES string of the molecule is CCN(CC)S(=O)(=O)c1cccc(C(=O)Oc2ccc([N+](=O)[O-])c(C)c2)c1. The lowest BCUT2D eigenvalue weighted by molar-refractivity contribution is -0.385. The molecule has 0 bridgehead atoms. The molecule has 0 heterocycles. The molecule has 0 radical (unpaired) electrons. The molecule has 2 aromatic carbocycles. The van der Waals surface area contributed by atoms with Gasteiger partial charge in [0.25, 0.3) is 5.69 Å². The lowest BCUT2D eigenvalue weighted by Gasteiger charge is -2.18. The van der Waals surface area contributed by atoms with Crippen molar-refractivity contribution in [2.24, 2.45) is 0 Å². The van der Waals surface area contributed by atoms with Gasteiger partial charge in [-0.1, -0.05) is 19.9 Å². The van der Waals surface area contributed by atoms with Crippen molar-refractivity contribution in [2.75, 3.05) is 13.1 Å². The molecule has 0 saturated heterocycles. The molecule has 144 valence electrons. The number of ether oxygens (including phenoxy) is 1. The minimum atomic E-state index is -3.70. The van der Waals surface area contributed by atoms with Gasteiger partial charge in [0.15, 0.2) is 0 Å². The monoisotopic (exact) mass is 392 g/mol. The Morgan fingerprint density at radius 2 is 1.81 bits per heavy atom. The van der Waals surface area contributed by atoms with E-state index in [1.54, 1.807) is 13.8 Å². The van der Waals surface area contributed by atoms with E-state index in [-0.39, 0.29) is 21.9 Å². The Kier molecular flexibility index (Phi) is 6.29. The summed E-state index contributed by atoms with van der Waals surface area (Å²) in [6, 6.07) is 9.54. The van der Waals surface area contributed by atoms with Crippen LogP contribution in [0.15, 0.2) is 47.4 Å². The Hall–Kier alpha value is -2.78. The molecule has 27 heavy (non-hydrogen) atoms. The van der Waals surface area contributed by atoms with Crippen LogP contribution in [0.5, 0.6) is 5.75 Å². The minimum absolute atomic E-state index is 0.000491. The van der Waals surface area contributed by atoms with Crippen LogP contribution in [-0.2, 0) is 10.0 Å². The zero-order valence-corrected chi connectivity index (χ0v) is 16.0. The number of nitro groups is 1. The molecule has 9 heteroatoms.